The van der Waals surface area contributed by atoms with Crippen LogP contribution in [-0.4, -0.2) is 67.8 Å². The molecule has 1 saturated heterocycles. The lowest BCUT2D eigenvalue weighted by molar-refractivity contribution is -0.110. The van der Waals surface area contributed by atoms with E-state index in [1.54, 1.807) is 24.3 Å². The van der Waals surface area contributed by atoms with Gasteiger partial charge in [0.05, 0.1) is 17.5 Å². The van der Waals surface area contributed by atoms with Crippen molar-refractivity contribution in [3.05, 3.63) is 29.8 Å². The largest absolute Gasteiger partial charge is 0.395 e. The molecular formula is C15H22N2O4S. The molecular weight excluding hydrogens is 304 g/mol. The zero-order chi connectivity index (χ0) is 16.3. The molecule has 0 bridgehead atoms. The number of aliphatic hydroxyl groups is 1. The quantitative estimate of drug-likeness (QED) is 0.758. The lowest BCUT2D eigenvalue weighted by Gasteiger charge is -2.23. The number of sulfonamides is 1. The maximum absolute atomic E-state index is 12.7. The minimum atomic E-state index is -3.69. The molecule has 1 aromatic rings. The topological polar surface area (TPSA) is 77.9 Å². The van der Waals surface area contributed by atoms with E-state index < -0.39 is 16.1 Å². The second kappa shape index (κ2) is 6.87. The molecule has 122 valence electrons. The molecule has 6 nitrogen and oxygen atoms in total. The van der Waals surface area contributed by atoms with E-state index >= 15 is 0 Å². The fourth-order valence-electron chi connectivity index (χ4n) is 2.72. The maximum Gasteiger partial charge on any atom is 0.243 e. The standard InChI is InChI=1S/C15H22N2O4S/c1-12-3-5-15(6-4-12)22(20,21)17-10-13(9-14(17)11-19)16(2)7-8-18/h3-6,11,13-14,18H,7-10H2,1-2H3/t13?,14-/m1/s1. The number of carbonyl (C=O) groups is 1. The van der Waals surface area contributed by atoms with E-state index in [0.717, 1.165) is 5.56 Å². The van der Waals surface area contributed by atoms with E-state index in [9.17, 15) is 13.2 Å². The van der Waals surface area contributed by atoms with Crippen molar-refractivity contribution in [3.63, 3.8) is 0 Å². The third kappa shape index (κ3) is 3.38. The molecule has 1 N–H and O–H groups in total. The summed E-state index contributed by atoms with van der Waals surface area (Å²) in [6.07, 6.45) is 1.14. The number of benzene rings is 1. The number of hydrogen-bond donors (Lipinski definition) is 1. The van der Waals surface area contributed by atoms with Gasteiger partial charge in [0.15, 0.2) is 0 Å². The summed E-state index contributed by atoms with van der Waals surface area (Å²) in [4.78, 5) is 13.4. The number of aryl methyl sites for hydroxylation is 1. The summed E-state index contributed by atoms with van der Waals surface area (Å²) in [7, 11) is -1.86. The van der Waals surface area contributed by atoms with Crippen LogP contribution >= 0.6 is 0 Å². The summed E-state index contributed by atoms with van der Waals surface area (Å²) in [6.45, 7) is 2.61. The van der Waals surface area contributed by atoms with Crippen molar-refractivity contribution in [1.29, 1.82) is 0 Å². The highest BCUT2D eigenvalue weighted by atomic mass is 32.2. The zero-order valence-corrected chi connectivity index (χ0v) is 13.7. The van der Waals surface area contributed by atoms with E-state index in [0.29, 0.717) is 19.3 Å². The number of hydrogen-bond acceptors (Lipinski definition) is 5. The van der Waals surface area contributed by atoms with Crippen molar-refractivity contribution in [1.82, 2.24) is 9.21 Å². The molecule has 1 unspecified atom stereocenters. The highest BCUT2D eigenvalue weighted by Crippen LogP contribution is 2.27. The van der Waals surface area contributed by atoms with Crippen LogP contribution < -0.4 is 0 Å². The Morgan fingerprint density at radius 1 is 1.36 bits per heavy atom. The van der Waals surface area contributed by atoms with Gasteiger partial charge in [-0.3, -0.25) is 4.90 Å². The third-order valence-electron chi connectivity index (χ3n) is 4.13. The zero-order valence-electron chi connectivity index (χ0n) is 12.8. The van der Waals surface area contributed by atoms with Crippen molar-refractivity contribution in [2.45, 2.75) is 30.3 Å². The number of carbonyl (C=O) groups excluding carboxylic acids is 1. The first-order valence-corrected chi connectivity index (χ1v) is 8.69. The molecule has 0 spiro atoms. The smallest absolute Gasteiger partial charge is 0.243 e. The molecule has 0 aliphatic carbocycles. The van der Waals surface area contributed by atoms with Crippen molar-refractivity contribution < 1.29 is 18.3 Å². The summed E-state index contributed by atoms with van der Waals surface area (Å²) in [5.41, 5.74) is 0.980. The molecule has 7 heteroatoms. The van der Waals surface area contributed by atoms with Gasteiger partial charge in [-0.1, -0.05) is 17.7 Å². The maximum atomic E-state index is 12.7. The Bertz CT molecular complexity index is 615. The monoisotopic (exact) mass is 326 g/mol. The summed E-state index contributed by atoms with van der Waals surface area (Å²) in [5, 5.41) is 9.01. The number of rotatable bonds is 6. The van der Waals surface area contributed by atoms with Gasteiger partial charge in [0.25, 0.3) is 0 Å². The van der Waals surface area contributed by atoms with Crippen molar-refractivity contribution >= 4 is 16.3 Å². The van der Waals surface area contributed by atoms with Crippen molar-refractivity contribution in [2.24, 2.45) is 0 Å². The first kappa shape index (κ1) is 17.1. The van der Waals surface area contributed by atoms with Crippen LogP contribution in [0.1, 0.15) is 12.0 Å². The molecule has 22 heavy (non-hydrogen) atoms. The second-order valence-electron chi connectivity index (χ2n) is 5.68. The van der Waals surface area contributed by atoms with E-state index in [1.165, 1.54) is 4.31 Å². The summed E-state index contributed by atoms with van der Waals surface area (Å²) < 4.78 is 26.7. The third-order valence-corrected chi connectivity index (χ3v) is 6.04. The number of aldehydes is 1. The van der Waals surface area contributed by atoms with Crippen LogP contribution in [0.25, 0.3) is 0 Å². The number of likely N-dealkylation sites (N-methyl/N-ethyl adjacent to an activating group) is 1. The van der Waals surface area contributed by atoms with E-state index in [4.69, 9.17) is 5.11 Å². The first-order valence-electron chi connectivity index (χ1n) is 7.25. The predicted octanol–water partition coefficient (Wildman–Crippen LogP) is 0.250. The SMILES string of the molecule is Cc1ccc(S(=O)(=O)N2CC(N(C)CCO)C[C@@H]2C=O)cc1. The van der Waals surface area contributed by atoms with Crippen LogP contribution in [0.4, 0.5) is 0 Å². The van der Waals surface area contributed by atoms with Crippen LogP contribution in [0.15, 0.2) is 29.2 Å². The van der Waals surface area contributed by atoms with Crippen LogP contribution in [0.3, 0.4) is 0 Å². The van der Waals surface area contributed by atoms with Gasteiger partial charge in [0.2, 0.25) is 10.0 Å². The Labute approximate surface area is 131 Å². The van der Waals surface area contributed by atoms with E-state index in [2.05, 4.69) is 0 Å². The molecule has 1 fully saturated rings. The fraction of sp³-hybridized carbons (Fsp3) is 0.533. The van der Waals surface area contributed by atoms with Crippen LogP contribution in [0.5, 0.6) is 0 Å². The number of nitrogens with zero attached hydrogens (tertiary/aromatic N) is 2. The van der Waals surface area contributed by atoms with E-state index in [-0.39, 0.29) is 24.1 Å². The minimum Gasteiger partial charge on any atom is -0.395 e. The van der Waals surface area contributed by atoms with Gasteiger partial charge in [-0.25, -0.2) is 8.42 Å². The molecule has 0 amide bonds. The van der Waals surface area contributed by atoms with Crippen LogP contribution in [0, 0.1) is 6.92 Å². The average molecular weight is 326 g/mol. The Morgan fingerprint density at radius 2 is 2.00 bits per heavy atom. The van der Waals surface area contributed by atoms with Gasteiger partial charge >= 0.3 is 0 Å². The number of aliphatic hydroxyl groups excluding tert-OH is 1. The van der Waals surface area contributed by atoms with Gasteiger partial charge < -0.3 is 9.90 Å². The molecule has 1 aromatic carbocycles. The van der Waals surface area contributed by atoms with Gasteiger partial charge in [-0.05, 0) is 32.5 Å². The van der Waals surface area contributed by atoms with Crippen molar-refractivity contribution in [3.8, 4) is 0 Å². The Hall–Kier alpha value is -1.28. The lowest BCUT2D eigenvalue weighted by Crippen LogP contribution is -2.39. The van der Waals surface area contributed by atoms with Crippen molar-refractivity contribution in [2.75, 3.05) is 26.7 Å². The minimum absolute atomic E-state index is 0.00344. The molecule has 0 radical (unpaired) electrons. The second-order valence-corrected chi connectivity index (χ2v) is 7.58. The molecule has 2 atom stereocenters. The Balaban J connectivity index is 2.25. The Kier molecular flexibility index (Phi) is 5.33. The Morgan fingerprint density at radius 3 is 2.55 bits per heavy atom. The summed E-state index contributed by atoms with van der Waals surface area (Å²) in [5.74, 6) is 0. The van der Waals surface area contributed by atoms with Crippen LogP contribution in [0.2, 0.25) is 0 Å². The van der Waals surface area contributed by atoms with Gasteiger partial charge in [0, 0.05) is 19.1 Å². The fourth-order valence-corrected chi connectivity index (χ4v) is 4.33. The molecule has 1 heterocycles. The van der Waals surface area contributed by atoms with Gasteiger partial charge in [-0.2, -0.15) is 4.31 Å². The van der Waals surface area contributed by atoms with Gasteiger partial charge in [-0.15, -0.1) is 0 Å². The molecule has 2 rings (SSSR count). The highest BCUT2D eigenvalue weighted by molar-refractivity contribution is 7.89. The van der Waals surface area contributed by atoms with Gasteiger partial charge in [0.1, 0.15) is 6.29 Å². The summed E-state index contributed by atoms with van der Waals surface area (Å²) in [6, 6.07) is 5.90. The highest BCUT2D eigenvalue weighted by Gasteiger charge is 2.41. The molecule has 1 aliphatic rings. The molecule has 0 saturated carbocycles. The van der Waals surface area contributed by atoms with E-state index in [1.807, 2.05) is 18.9 Å². The molecule has 1 aliphatic heterocycles. The lowest BCUT2D eigenvalue weighted by atomic mass is 10.2. The normalized spacial score (nSPS) is 23.1. The predicted molar refractivity (Wildman–Crippen MR) is 83.0 cm³/mol. The first-order chi connectivity index (χ1) is 10.4. The average Bonchev–Trinajstić information content (AvgIpc) is 2.93. The van der Waals surface area contributed by atoms with Crippen LogP contribution in [-0.2, 0) is 14.8 Å². The molecule has 0 aromatic heterocycles. The summed E-state index contributed by atoms with van der Waals surface area (Å²) >= 11 is 0.